The average Bonchev–Trinajstić information content (AvgIpc) is 3.35. The fourth-order valence-electron chi connectivity index (χ4n) is 4.58. The number of hydrogen-bond donors (Lipinski definition) is 0. The van der Waals surface area contributed by atoms with E-state index in [1.54, 1.807) is 41.5 Å². The molecule has 172 valence electrons. The Labute approximate surface area is 195 Å². The molecular formula is C25H21N3O6. The summed E-state index contributed by atoms with van der Waals surface area (Å²) in [6.07, 6.45) is -1.06. The number of nitro groups is 1. The van der Waals surface area contributed by atoms with Gasteiger partial charge < -0.3 is 4.74 Å². The largest absolute Gasteiger partial charge is 0.497 e. The molecule has 2 heterocycles. The van der Waals surface area contributed by atoms with Crippen LogP contribution in [0.1, 0.15) is 17.2 Å². The molecular weight excluding hydrogens is 438 g/mol. The van der Waals surface area contributed by atoms with Crippen molar-refractivity contribution >= 4 is 28.9 Å². The van der Waals surface area contributed by atoms with Gasteiger partial charge in [-0.15, -0.1) is 0 Å². The lowest BCUT2D eigenvalue weighted by Crippen LogP contribution is -2.37. The molecule has 9 heteroatoms. The van der Waals surface area contributed by atoms with E-state index in [0.29, 0.717) is 22.7 Å². The Morgan fingerprint density at radius 3 is 2.38 bits per heavy atom. The molecule has 0 aliphatic carbocycles. The highest BCUT2D eigenvalue weighted by molar-refractivity contribution is 6.24. The van der Waals surface area contributed by atoms with E-state index in [2.05, 4.69) is 0 Å². The third kappa shape index (κ3) is 3.37. The molecule has 2 saturated heterocycles. The van der Waals surface area contributed by atoms with Crippen molar-refractivity contribution in [2.24, 2.45) is 5.92 Å². The lowest BCUT2D eigenvalue weighted by atomic mass is 9.90. The van der Waals surface area contributed by atoms with Gasteiger partial charge in [-0.3, -0.25) is 24.5 Å². The number of aryl methyl sites for hydroxylation is 1. The number of hydrogen-bond acceptors (Lipinski definition) is 7. The average molecular weight is 459 g/mol. The molecule has 0 saturated carbocycles. The number of carbonyl (C=O) groups excluding carboxylic acids is 2. The van der Waals surface area contributed by atoms with Gasteiger partial charge in [-0.1, -0.05) is 30.3 Å². The molecule has 0 N–H and O–H groups in total. The van der Waals surface area contributed by atoms with E-state index in [1.165, 1.54) is 19.2 Å². The molecule has 0 spiro atoms. The summed E-state index contributed by atoms with van der Waals surface area (Å²) in [6.45, 7) is 1.89. The molecule has 3 unspecified atom stereocenters. The quantitative estimate of drug-likeness (QED) is 0.323. The van der Waals surface area contributed by atoms with Crippen molar-refractivity contribution in [2.75, 3.05) is 17.1 Å². The van der Waals surface area contributed by atoms with E-state index < -0.39 is 34.8 Å². The standard InChI is InChI=1S/C25H21N3O6/c1-15-6-3-4-9-20(15)27-22(16-7-5-8-18(14-16)28(31)32)21-23(34-27)25(30)26(24(21)29)17-10-12-19(33-2)13-11-17/h3-14,21-23H,1-2H3. The summed E-state index contributed by atoms with van der Waals surface area (Å²) in [5.41, 5.74) is 2.39. The van der Waals surface area contributed by atoms with Crippen LogP contribution in [0.4, 0.5) is 17.1 Å². The highest BCUT2D eigenvalue weighted by Gasteiger charge is 2.60. The molecule has 3 atom stereocenters. The highest BCUT2D eigenvalue weighted by Crippen LogP contribution is 2.48. The maximum atomic E-state index is 13.6. The first-order valence-electron chi connectivity index (χ1n) is 10.7. The monoisotopic (exact) mass is 459 g/mol. The normalized spacial score (nSPS) is 21.6. The molecule has 34 heavy (non-hydrogen) atoms. The second kappa shape index (κ2) is 8.27. The number of carbonyl (C=O) groups is 2. The van der Waals surface area contributed by atoms with Gasteiger partial charge in [0.25, 0.3) is 11.6 Å². The van der Waals surface area contributed by atoms with Crippen LogP contribution in [0.3, 0.4) is 0 Å². The summed E-state index contributed by atoms with van der Waals surface area (Å²) in [7, 11) is 1.53. The lowest BCUT2D eigenvalue weighted by Gasteiger charge is -2.29. The van der Waals surface area contributed by atoms with E-state index in [4.69, 9.17) is 9.57 Å². The number of amides is 2. The third-order valence-electron chi connectivity index (χ3n) is 6.22. The van der Waals surface area contributed by atoms with Gasteiger partial charge >= 0.3 is 0 Å². The minimum Gasteiger partial charge on any atom is -0.497 e. The number of ether oxygens (including phenoxy) is 1. The van der Waals surface area contributed by atoms with Gasteiger partial charge in [0.15, 0.2) is 6.10 Å². The maximum Gasteiger partial charge on any atom is 0.269 e. The molecule has 2 aliphatic rings. The van der Waals surface area contributed by atoms with Crippen molar-refractivity contribution in [3.8, 4) is 5.75 Å². The summed E-state index contributed by atoms with van der Waals surface area (Å²) >= 11 is 0. The Morgan fingerprint density at radius 1 is 0.971 bits per heavy atom. The van der Waals surface area contributed by atoms with Gasteiger partial charge in [0.1, 0.15) is 11.7 Å². The van der Waals surface area contributed by atoms with Crippen LogP contribution < -0.4 is 14.7 Å². The van der Waals surface area contributed by atoms with E-state index in [-0.39, 0.29) is 5.69 Å². The first-order valence-corrected chi connectivity index (χ1v) is 10.7. The molecule has 9 nitrogen and oxygen atoms in total. The molecule has 2 aliphatic heterocycles. The number of imide groups is 1. The van der Waals surface area contributed by atoms with Crippen LogP contribution in [-0.4, -0.2) is 30.0 Å². The highest BCUT2D eigenvalue weighted by atomic mass is 16.7. The van der Waals surface area contributed by atoms with Gasteiger partial charge in [-0.25, -0.2) is 9.96 Å². The Balaban J connectivity index is 1.60. The summed E-state index contributed by atoms with van der Waals surface area (Å²) in [6, 6.07) is 19.4. The molecule has 5 rings (SSSR count). The number of hydroxylamine groups is 1. The van der Waals surface area contributed by atoms with Crippen LogP contribution in [0.5, 0.6) is 5.75 Å². The van der Waals surface area contributed by atoms with Crippen molar-refractivity contribution in [3.63, 3.8) is 0 Å². The van der Waals surface area contributed by atoms with Crippen LogP contribution >= 0.6 is 0 Å². The zero-order chi connectivity index (χ0) is 24.0. The van der Waals surface area contributed by atoms with Crippen LogP contribution in [-0.2, 0) is 14.4 Å². The first-order chi connectivity index (χ1) is 16.4. The third-order valence-corrected chi connectivity index (χ3v) is 6.22. The summed E-state index contributed by atoms with van der Waals surface area (Å²) < 4.78 is 5.16. The SMILES string of the molecule is COc1ccc(N2C(=O)C3ON(c4ccccc4C)C(c4cccc([N+](=O)[O-])c4)C3C2=O)cc1. The second-order valence-electron chi connectivity index (χ2n) is 8.17. The predicted octanol–water partition coefficient (Wildman–Crippen LogP) is 3.96. The molecule has 0 radical (unpaired) electrons. The molecule has 2 fully saturated rings. The minimum atomic E-state index is -1.06. The maximum absolute atomic E-state index is 13.6. The molecule has 0 aromatic heterocycles. The fourth-order valence-corrected chi connectivity index (χ4v) is 4.58. The number of non-ortho nitro benzene ring substituents is 1. The van der Waals surface area contributed by atoms with E-state index >= 15 is 0 Å². The van der Waals surface area contributed by atoms with Crippen LogP contribution in [0, 0.1) is 23.0 Å². The smallest absolute Gasteiger partial charge is 0.269 e. The van der Waals surface area contributed by atoms with Gasteiger partial charge in [-0.05, 0) is 48.4 Å². The van der Waals surface area contributed by atoms with Gasteiger partial charge in [0.05, 0.1) is 29.4 Å². The first kappa shape index (κ1) is 21.6. The minimum absolute atomic E-state index is 0.102. The van der Waals surface area contributed by atoms with Crippen molar-refractivity contribution < 1.29 is 24.1 Å². The summed E-state index contributed by atoms with van der Waals surface area (Å²) in [4.78, 5) is 45.2. The lowest BCUT2D eigenvalue weighted by molar-refractivity contribution is -0.384. The van der Waals surface area contributed by atoms with Crippen molar-refractivity contribution in [3.05, 3.63) is 94.0 Å². The number of nitrogens with zero attached hydrogens (tertiary/aromatic N) is 3. The number of rotatable bonds is 5. The summed E-state index contributed by atoms with van der Waals surface area (Å²) in [5, 5.41) is 13.0. The van der Waals surface area contributed by atoms with Crippen LogP contribution in [0.25, 0.3) is 0 Å². The van der Waals surface area contributed by atoms with Gasteiger partial charge in [0, 0.05) is 12.1 Å². The number of fused-ring (bicyclic) bond motifs is 1. The fraction of sp³-hybridized carbons (Fsp3) is 0.200. The second-order valence-corrected chi connectivity index (χ2v) is 8.17. The summed E-state index contributed by atoms with van der Waals surface area (Å²) in [5.74, 6) is -1.19. The Bertz CT molecular complexity index is 1290. The van der Waals surface area contributed by atoms with Crippen LogP contribution in [0.15, 0.2) is 72.8 Å². The van der Waals surface area contributed by atoms with Crippen molar-refractivity contribution in [2.45, 2.75) is 19.1 Å². The van der Waals surface area contributed by atoms with E-state index in [1.807, 2.05) is 31.2 Å². The Morgan fingerprint density at radius 2 is 1.71 bits per heavy atom. The number of nitro benzene ring substituents is 1. The molecule has 0 bridgehead atoms. The van der Waals surface area contributed by atoms with Crippen molar-refractivity contribution in [1.82, 2.24) is 0 Å². The Hall–Kier alpha value is -4.24. The number of methoxy groups -OCH3 is 1. The Kier molecular flexibility index (Phi) is 5.25. The van der Waals surface area contributed by atoms with E-state index in [0.717, 1.165) is 10.5 Å². The number of anilines is 2. The zero-order valence-corrected chi connectivity index (χ0v) is 18.5. The topological polar surface area (TPSA) is 102 Å². The van der Waals surface area contributed by atoms with Crippen molar-refractivity contribution in [1.29, 1.82) is 0 Å². The predicted molar refractivity (Wildman–Crippen MR) is 123 cm³/mol. The number of para-hydroxylation sites is 1. The molecule has 3 aromatic rings. The molecule has 3 aromatic carbocycles. The zero-order valence-electron chi connectivity index (χ0n) is 18.5. The van der Waals surface area contributed by atoms with Gasteiger partial charge in [0.2, 0.25) is 5.91 Å². The molecule has 2 amide bonds. The number of benzene rings is 3. The van der Waals surface area contributed by atoms with Gasteiger partial charge in [-0.2, -0.15) is 0 Å². The van der Waals surface area contributed by atoms with E-state index in [9.17, 15) is 19.7 Å². The van der Waals surface area contributed by atoms with Crippen LogP contribution in [0.2, 0.25) is 0 Å².